The van der Waals surface area contributed by atoms with Crippen molar-refractivity contribution in [2.75, 3.05) is 5.32 Å². The van der Waals surface area contributed by atoms with Gasteiger partial charge in [-0.25, -0.2) is 4.39 Å². The van der Waals surface area contributed by atoms with Crippen molar-refractivity contribution in [2.24, 2.45) is 0 Å². The first kappa shape index (κ1) is 11.7. The van der Waals surface area contributed by atoms with Gasteiger partial charge in [0.25, 0.3) is 5.91 Å². The van der Waals surface area contributed by atoms with Gasteiger partial charge in [0, 0.05) is 16.2 Å². The summed E-state index contributed by atoms with van der Waals surface area (Å²) in [6.45, 7) is 0. The summed E-state index contributed by atoms with van der Waals surface area (Å²) in [4.78, 5) is 15.4. The van der Waals surface area contributed by atoms with Crippen molar-refractivity contribution < 1.29 is 9.18 Å². The number of carbonyl (C=O) groups is 1. The summed E-state index contributed by atoms with van der Waals surface area (Å²) in [5, 5.41) is 2.48. The highest BCUT2D eigenvalue weighted by Gasteiger charge is 2.08. The molecule has 1 aromatic carbocycles. The highest BCUT2D eigenvalue weighted by Crippen LogP contribution is 2.14. The van der Waals surface area contributed by atoms with Crippen LogP contribution in [-0.2, 0) is 0 Å². The molecule has 0 unspecified atom stereocenters. The molecule has 0 aliphatic carbocycles. The topological polar surface area (TPSA) is 42.0 Å². The van der Waals surface area contributed by atoms with Crippen LogP contribution < -0.4 is 5.32 Å². The summed E-state index contributed by atoms with van der Waals surface area (Å²) < 4.78 is 14.1. The molecule has 0 fully saturated rings. The minimum atomic E-state index is -0.557. The lowest BCUT2D eigenvalue weighted by Gasteiger charge is -2.05. The van der Waals surface area contributed by atoms with Gasteiger partial charge in [0.05, 0.1) is 11.9 Å². The number of benzene rings is 1. The molecule has 2 aromatic rings. The van der Waals surface area contributed by atoms with Gasteiger partial charge in [-0.2, -0.15) is 0 Å². The standard InChI is InChI=1S/C12H8BrFN2O/c13-9-3-1-8(2-4-9)12(17)16-11-5-6-15-7-10(11)14/h1-7H,(H,15,16,17). The van der Waals surface area contributed by atoms with Gasteiger partial charge in [0.1, 0.15) is 0 Å². The van der Waals surface area contributed by atoms with Crippen LogP contribution in [0.2, 0.25) is 0 Å². The van der Waals surface area contributed by atoms with E-state index in [9.17, 15) is 9.18 Å². The van der Waals surface area contributed by atoms with Gasteiger partial charge < -0.3 is 5.32 Å². The zero-order valence-electron chi connectivity index (χ0n) is 8.65. The molecule has 2 rings (SSSR count). The average Bonchev–Trinajstić information content (AvgIpc) is 2.33. The van der Waals surface area contributed by atoms with Crippen LogP contribution in [0.4, 0.5) is 10.1 Å². The molecule has 1 amide bonds. The van der Waals surface area contributed by atoms with Gasteiger partial charge in [0.2, 0.25) is 0 Å². The first-order valence-electron chi connectivity index (χ1n) is 4.83. The molecule has 0 atom stereocenters. The van der Waals surface area contributed by atoms with Crippen LogP contribution in [0.3, 0.4) is 0 Å². The van der Waals surface area contributed by atoms with Crippen molar-refractivity contribution in [1.29, 1.82) is 0 Å². The normalized spacial score (nSPS) is 10.0. The number of pyridine rings is 1. The van der Waals surface area contributed by atoms with E-state index in [0.29, 0.717) is 5.56 Å². The van der Waals surface area contributed by atoms with E-state index >= 15 is 0 Å². The third-order valence-electron chi connectivity index (χ3n) is 2.13. The number of nitrogens with zero attached hydrogens (tertiary/aromatic N) is 1. The monoisotopic (exact) mass is 294 g/mol. The molecular weight excluding hydrogens is 287 g/mol. The summed E-state index contributed by atoms with van der Waals surface area (Å²) in [5.41, 5.74) is 0.581. The van der Waals surface area contributed by atoms with Crippen LogP contribution >= 0.6 is 15.9 Å². The third-order valence-corrected chi connectivity index (χ3v) is 2.66. The van der Waals surface area contributed by atoms with Gasteiger partial charge in [-0.15, -0.1) is 0 Å². The van der Waals surface area contributed by atoms with Gasteiger partial charge in [-0.3, -0.25) is 9.78 Å². The molecule has 0 bridgehead atoms. The second-order valence-electron chi connectivity index (χ2n) is 3.32. The quantitative estimate of drug-likeness (QED) is 0.924. The van der Waals surface area contributed by atoms with Crippen molar-refractivity contribution in [1.82, 2.24) is 4.98 Å². The number of hydrogen-bond donors (Lipinski definition) is 1. The van der Waals surface area contributed by atoms with Crippen molar-refractivity contribution in [3.63, 3.8) is 0 Å². The summed E-state index contributed by atoms with van der Waals surface area (Å²) in [6, 6.07) is 8.21. The maximum absolute atomic E-state index is 13.2. The zero-order chi connectivity index (χ0) is 12.3. The van der Waals surface area contributed by atoms with Gasteiger partial charge in [-0.1, -0.05) is 15.9 Å². The van der Waals surface area contributed by atoms with Crippen molar-refractivity contribution in [3.05, 3.63) is 58.6 Å². The number of halogens is 2. The van der Waals surface area contributed by atoms with E-state index in [1.807, 2.05) is 0 Å². The zero-order valence-corrected chi connectivity index (χ0v) is 10.2. The molecule has 86 valence electrons. The minimum Gasteiger partial charge on any atom is -0.319 e. The molecule has 17 heavy (non-hydrogen) atoms. The Labute approximate surface area is 106 Å². The summed E-state index contributed by atoms with van der Waals surface area (Å²) in [5.74, 6) is -0.916. The fraction of sp³-hybridized carbons (Fsp3) is 0. The van der Waals surface area contributed by atoms with E-state index in [2.05, 4.69) is 26.2 Å². The molecule has 0 aliphatic rings. The summed E-state index contributed by atoms with van der Waals surface area (Å²) in [7, 11) is 0. The number of nitrogens with one attached hydrogen (secondary N) is 1. The molecule has 1 heterocycles. The molecule has 0 radical (unpaired) electrons. The lowest BCUT2D eigenvalue weighted by atomic mass is 10.2. The minimum absolute atomic E-state index is 0.118. The molecule has 0 saturated carbocycles. The Bertz CT molecular complexity index is 542. The molecule has 0 spiro atoms. The van der Waals surface area contributed by atoms with Crippen molar-refractivity contribution in [2.45, 2.75) is 0 Å². The van der Waals surface area contributed by atoms with E-state index in [4.69, 9.17) is 0 Å². The second-order valence-corrected chi connectivity index (χ2v) is 4.23. The molecule has 0 aliphatic heterocycles. The Kier molecular flexibility index (Phi) is 3.49. The Morgan fingerprint density at radius 2 is 1.94 bits per heavy atom. The highest BCUT2D eigenvalue weighted by molar-refractivity contribution is 9.10. The summed E-state index contributed by atoms with van der Waals surface area (Å²) >= 11 is 3.27. The largest absolute Gasteiger partial charge is 0.319 e. The van der Waals surface area contributed by atoms with Crippen LogP contribution in [0.15, 0.2) is 47.2 Å². The number of carbonyl (C=O) groups excluding carboxylic acids is 1. The van der Waals surface area contributed by atoms with E-state index < -0.39 is 5.82 Å². The van der Waals surface area contributed by atoms with Crippen LogP contribution in [0.25, 0.3) is 0 Å². The van der Waals surface area contributed by atoms with E-state index in [1.54, 1.807) is 24.3 Å². The Morgan fingerprint density at radius 3 is 2.59 bits per heavy atom. The smallest absolute Gasteiger partial charge is 0.255 e. The molecule has 0 saturated heterocycles. The van der Waals surface area contributed by atoms with Crippen molar-refractivity contribution in [3.8, 4) is 0 Å². The van der Waals surface area contributed by atoms with Crippen LogP contribution in [0.1, 0.15) is 10.4 Å². The Morgan fingerprint density at radius 1 is 1.24 bits per heavy atom. The molecule has 1 aromatic heterocycles. The molecular formula is C12H8BrFN2O. The van der Waals surface area contributed by atoms with Crippen LogP contribution in [0, 0.1) is 5.82 Å². The lowest BCUT2D eigenvalue weighted by molar-refractivity contribution is 0.102. The third kappa shape index (κ3) is 2.88. The predicted molar refractivity (Wildman–Crippen MR) is 66.3 cm³/mol. The Balaban J connectivity index is 2.17. The van der Waals surface area contributed by atoms with Gasteiger partial charge in [0.15, 0.2) is 5.82 Å². The van der Waals surface area contributed by atoms with Crippen LogP contribution in [0.5, 0.6) is 0 Å². The maximum Gasteiger partial charge on any atom is 0.255 e. The second kappa shape index (κ2) is 5.05. The van der Waals surface area contributed by atoms with Crippen LogP contribution in [-0.4, -0.2) is 10.9 Å². The number of aromatic nitrogens is 1. The molecule has 1 N–H and O–H groups in total. The maximum atomic E-state index is 13.2. The summed E-state index contributed by atoms with van der Waals surface area (Å²) in [6.07, 6.45) is 2.47. The SMILES string of the molecule is O=C(Nc1ccncc1F)c1ccc(Br)cc1. The predicted octanol–water partition coefficient (Wildman–Crippen LogP) is 3.24. The number of rotatable bonds is 2. The first-order chi connectivity index (χ1) is 8.16. The fourth-order valence-corrected chi connectivity index (χ4v) is 1.54. The van der Waals surface area contributed by atoms with E-state index in [-0.39, 0.29) is 11.6 Å². The van der Waals surface area contributed by atoms with Crippen molar-refractivity contribution >= 4 is 27.5 Å². The average molecular weight is 295 g/mol. The van der Waals surface area contributed by atoms with E-state index in [0.717, 1.165) is 10.7 Å². The number of amides is 1. The fourth-order valence-electron chi connectivity index (χ4n) is 1.27. The molecule has 5 heteroatoms. The van der Waals surface area contributed by atoms with Gasteiger partial charge in [-0.05, 0) is 30.3 Å². The van der Waals surface area contributed by atoms with E-state index in [1.165, 1.54) is 12.3 Å². The lowest BCUT2D eigenvalue weighted by Crippen LogP contribution is -2.12. The highest BCUT2D eigenvalue weighted by atomic mass is 79.9. The number of anilines is 1. The first-order valence-corrected chi connectivity index (χ1v) is 5.62. The van der Waals surface area contributed by atoms with Gasteiger partial charge >= 0.3 is 0 Å². The Hall–Kier alpha value is -1.75. The molecule has 3 nitrogen and oxygen atoms in total. The number of hydrogen-bond acceptors (Lipinski definition) is 2.